The van der Waals surface area contributed by atoms with Crippen LogP contribution in [-0.2, 0) is 25.7 Å². The van der Waals surface area contributed by atoms with Crippen molar-refractivity contribution in [1.82, 2.24) is 5.32 Å². The number of nitrogens with one attached hydrogen (secondary N) is 1. The Morgan fingerprint density at radius 2 is 1.79 bits per heavy atom. The highest BCUT2D eigenvalue weighted by molar-refractivity contribution is 5.95. The van der Waals surface area contributed by atoms with Crippen LogP contribution in [-0.4, -0.2) is 34.8 Å². The number of aliphatic carboxylic acids is 1. The molecule has 1 aromatic carbocycles. The van der Waals surface area contributed by atoms with Crippen molar-refractivity contribution in [2.75, 3.05) is 0 Å². The fraction of sp³-hybridized carbons (Fsp3) is 0.471. The molecule has 24 heavy (non-hydrogen) atoms. The van der Waals surface area contributed by atoms with Crippen LogP contribution in [0.3, 0.4) is 0 Å². The van der Waals surface area contributed by atoms with E-state index in [1.54, 1.807) is 20.8 Å². The normalized spacial score (nSPS) is 12.3. The fourth-order valence-corrected chi connectivity index (χ4v) is 1.89. The van der Waals surface area contributed by atoms with Crippen molar-refractivity contribution in [1.29, 1.82) is 0 Å². The first-order valence-corrected chi connectivity index (χ1v) is 7.54. The maximum atomic E-state index is 11.9. The number of alkyl carbamates (subject to hydrolysis) is 1. The number of rotatable bonds is 8. The van der Waals surface area contributed by atoms with Crippen LogP contribution >= 0.6 is 0 Å². The number of hydrogen-bond donors (Lipinski definition) is 2. The summed E-state index contributed by atoms with van der Waals surface area (Å²) in [5, 5.41) is 11.1. The number of ketones is 1. The molecule has 7 nitrogen and oxygen atoms in total. The zero-order valence-electron chi connectivity index (χ0n) is 14.1. The van der Waals surface area contributed by atoms with Crippen LogP contribution in [0.4, 0.5) is 4.79 Å². The minimum absolute atomic E-state index is 0.0813. The lowest BCUT2D eigenvalue weighted by Crippen LogP contribution is -2.43. The largest absolute Gasteiger partial charge is 0.481 e. The fourth-order valence-electron chi connectivity index (χ4n) is 1.89. The van der Waals surface area contributed by atoms with Gasteiger partial charge in [0.05, 0.1) is 12.0 Å². The van der Waals surface area contributed by atoms with Crippen molar-refractivity contribution < 1.29 is 29.0 Å². The lowest BCUT2D eigenvalue weighted by Gasteiger charge is -2.27. The number of ether oxygens (including phenoxy) is 2. The smallest absolute Gasteiger partial charge is 0.409 e. The van der Waals surface area contributed by atoms with Gasteiger partial charge in [-0.3, -0.25) is 14.9 Å². The Labute approximate surface area is 141 Å². The van der Waals surface area contributed by atoms with Crippen molar-refractivity contribution >= 4 is 17.8 Å². The van der Waals surface area contributed by atoms with E-state index in [1.807, 2.05) is 30.3 Å². The highest BCUT2D eigenvalue weighted by atomic mass is 16.6. The van der Waals surface area contributed by atoms with Gasteiger partial charge in [0.25, 0.3) is 0 Å². The zero-order chi connectivity index (χ0) is 18.2. The van der Waals surface area contributed by atoms with Crippen LogP contribution in [0, 0.1) is 0 Å². The molecule has 1 unspecified atom stereocenters. The van der Waals surface area contributed by atoms with Crippen LogP contribution in [0.5, 0.6) is 0 Å². The first kappa shape index (κ1) is 19.6. The summed E-state index contributed by atoms with van der Waals surface area (Å²) < 4.78 is 10.7. The minimum Gasteiger partial charge on any atom is -0.481 e. The Bertz CT molecular complexity index is 564. The molecule has 0 aliphatic carbocycles. The van der Waals surface area contributed by atoms with Gasteiger partial charge in [0.15, 0.2) is 0 Å². The maximum Gasteiger partial charge on any atom is 0.409 e. The molecule has 0 radical (unpaired) electrons. The molecule has 0 spiro atoms. The topological polar surface area (TPSA) is 102 Å². The third-order valence-electron chi connectivity index (χ3n) is 2.75. The summed E-state index contributed by atoms with van der Waals surface area (Å²) in [6.07, 6.45) is -2.56. The molecule has 2 N–H and O–H groups in total. The van der Waals surface area contributed by atoms with Crippen LogP contribution < -0.4 is 5.32 Å². The summed E-state index contributed by atoms with van der Waals surface area (Å²) in [7, 11) is 0. The second kappa shape index (κ2) is 9.02. The van der Waals surface area contributed by atoms with E-state index in [4.69, 9.17) is 14.6 Å². The van der Waals surface area contributed by atoms with Gasteiger partial charge in [0, 0.05) is 0 Å². The van der Waals surface area contributed by atoms with Crippen molar-refractivity contribution in [3.63, 3.8) is 0 Å². The highest BCUT2D eigenvalue weighted by Gasteiger charge is 2.24. The Morgan fingerprint density at radius 3 is 2.33 bits per heavy atom. The molecule has 0 bridgehead atoms. The lowest BCUT2D eigenvalue weighted by molar-refractivity contribution is -0.141. The van der Waals surface area contributed by atoms with Gasteiger partial charge < -0.3 is 14.6 Å². The second-order valence-electron chi connectivity index (χ2n) is 6.24. The SMILES string of the molecule is CC(C)(C)OC(CC(=O)CC(=O)O)NC(=O)OCc1ccccc1. The first-order chi connectivity index (χ1) is 11.2. The predicted molar refractivity (Wildman–Crippen MR) is 86.3 cm³/mol. The third-order valence-corrected chi connectivity index (χ3v) is 2.75. The molecule has 0 aliphatic heterocycles. The van der Waals surface area contributed by atoms with E-state index < -0.39 is 36.1 Å². The zero-order valence-corrected chi connectivity index (χ0v) is 14.1. The summed E-state index contributed by atoms with van der Waals surface area (Å²) in [6, 6.07) is 9.13. The number of Topliss-reactive ketones (excluding diaryl/α,β-unsaturated/α-hetero) is 1. The molecule has 0 fully saturated rings. The lowest BCUT2D eigenvalue weighted by atomic mass is 10.1. The molecule has 0 aliphatic rings. The van der Waals surface area contributed by atoms with E-state index in [-0.39, 0.29) is 13.0 Å². The molecule has 0 saturated carbocycles. The Kier molecular flexibility index (Phi) is 7.38. The Balaban J connectivity index is 2.57. The van der Waals surface area contributed by atoms with Gasteiger partial charge in [0.1, 0.15) is 25.0 Å². The number of carbonyl (C=O) groups excluding carboxylic acids is 2. The summed E-state index contributed by atoms with van der Waals surface area (Å²) in [4.78, 5) is 34.1. The van der Waals surface area contributed by atoms with Gasteiger partial charge in [-0.1, -0.05) is 30.3 Å². The van der Waals surface area contributed by atoms with Crippen LogP contribution in [0.1, 0.15) is 39.2 Å². The number of hydrogen-bond acceptors (Lipinski definition) is 5. The number of carbonyl (C=O) groups is 3. The van der Waals surface area contributed by atoms with Crippen molar-refractivity contribution in [3.8, 4) is 0 Å². The molecule has 1 amide bonds. The van der Waals surface area contributed by atoms with E-state index in [1.165, 1.54) is 0 Å². The van der Waals surface area contributed by atoms with E-state index in [2.05, 4.69) is 5.32 Å². The Morgan fingerprint density at radius 1 is 1.17 bits per heavy atom. The molecule has 132 valence electrons. The van der Waals surface area contributed by atoms with Crippen LogP contribution in [0.25, 0.3) is 0 Å². The molecule has 1 rings (SSSR count). The van der Waals surface area contributed by atoms with E-state index in [0.717, 1.165) is 5.56 Å². The van der Waals surface area contributed by atoms with Crippen molar-refractivity contribution in [2.24, 2.45) is 0 Å². The first-order valence-electron chi connectivity index (χ1n) is 7.54. The molecule has 7 heteroatoms. The summed E-state index contributed by atoms with van der Waals surface area (Å²) in [5.74, 6) is -1.76. The Hall–Kier alpha value is -2.41. The number of benzene rings is 1. The van der Waals surface area contributed by atoms with Gasteiger partial charge >= 0.3 is 12.1 Å². The average molecular weight is 337 g/mol. The predicted octanol–water partition coefficient (Wildman–Crippen LogP) is 2.49. The van der Waals surface area contributed by atoms with Crippen molar-refractivity contribution in [3.05, 3.63) is 35.9 Å². The third kappa shape index (κ3) is 8.89. The molecule has 0 heterocycles. The molecular formula is C17H23NO6. The maximum absolute atomic E-state index is 11.9. The van der Waals surface area contributed by atoms with Crippen LogP contribution in [0.2, 0.25) is 0 Å². The minimum atomic E-state index is -1.22. The van der Waals surface area contributed by atoms with Gasteiger partial charge in [0.2, 0.25) is 0 Å². The standard InChI is InChI=1S/C17H23NO6/c1-17(2,3)24-14(9-13(19)10-15(20)21)18-16(22)23-11-12-7-5-4-6-8-12/h4-8,14H,9-11H2,1-3H3,(H,18,22)(H,20,21). The number of carboxylic acid groups (broad SMARTS) is 1. The van der Waals surface area contributed by atoms with E-state index in [0.29, 0.717) is 0 Å². The van der Waals surface area contributed by atoms with Gasteiger partial charge in [-0.15, -0.1) is 0 Å². The summed E-state index contributed by atoms with van der Waals surface area (Å²) in [6.45, 7) is 5.37. The monoisotopic (exact) mass is 337 g/mol. The molecular weight excluding hydrogens is 314 g/mol. The van der Waals surface area contributed by atoms with E-state index >= 15 is 0 Å². The molecule has 0 saturated heterocycles. The average Bonchev–Trinajstić information content (AvgIpc) is 2.43. The van der Waals surface area contributed by atoms with Crippen LogP contribution in [0.15, 0.2) is 30.3 Å². The quantitative estimate of drug-likeness (QED) is 0.558. The summed E-state index contributed by atoms with van der Waals surface area (Å²) in [5.41, 5.74) is 0.198. The van der Waals surface area contributed by atoms with E-state index in [9.17, 15) is 14.4 Å². The molecule has 0 aromatic heterocycles. The summed E-state index contributed by atoms with van der Waals surface area (Å²) >= 11 is 0. The number of amides is 1. The number of carboxylic acids is 1. The molecule has 1 atom stereocenters. The molecule has 1 aromatic rings. The van der Waals surface area contributed by atoms with Crippen molar-refractivity contribution in [2.45, 2.75) is 52.0 Å². The van der Waals surface area contributed by atoms with Gasteiger partial charge in [-0.2, -0.15) is 0 Å². The highest BCUT2D eigenvalue weighted by Crippen LogP contribution is 2.13. The second-order valence-corrected chi connectivity index (χ2v) is 6.24. The van der Waals surface area contributed by atoms with Gasteiger partial charge in [-0.25, -0.2) is 4.79 Å². The van der Waals surface area contributed by atoms with Gasteiger partial charge in [-0.05, 0) is 26.3 Å².